The van der Waals surface area contributed by atoms with E-state index in [1.165, 1.54) is 16.3 Å². The maximum absolute atomic E-state index is 13.1. The Hall–Kier alpha value is -2.84. The molecule has 0 radical (unpaired) electrons. The molecular weight excluding hydrogens is 474 g/mol. The lowest BCUT2D eigenvalue weighted by Gasteiger charge is -2.37. The van der Waals surface area contributed by atoms with Crippen molar-refractivity contribution in [2.75, 3.05) is 44.2 Å². The van der Waals surface area contributed by atoms with Gasteiger partial charge in [0, 0.05) is 45.3 Å². The second kappa shape index (κ2) is 11.1. The molecule has 0 N–H and O–H groups in total. The number of thioether (sulfide) groups is 1. The molecule has 1 aromatic heterocycles. The Morgan fingerprint density at radius 2 is 1.91 bits per heavy atom. The van der Waals surface area contributed by atoms with Gasteiger partial charge in [0.15, 0.2) is 0 Å². The third kappa shape index (κ3) is 4.98. The average Bonchev–Trinajstić information content (AvgIpc) is 3.09. The minimum Gasteiger partial charge on any atom is -0.450 e. The van der Waals surface area contributed by atoms with Gasteiger partial charge in [-0.2, -0.15) is 5.26 Å². The van der Waals surface area contributed by atoms with Crippen LogP contribution in [0.5, 0.6) is 0 Å². The molecular formula is C23H29N5O4S2. The van der Waals surface area contributed by atoms with Crippen molar-refractivity contribution >= 4 is 52.2 Å². The van der Waals surface area contributed by atoms with E-state index in [9.17, 15) is 19.6 Å². The normalized spacial score (nSPS) is 17.5. The molecule has 2 fully saturated rings. The number of nitrogens with zero attached hydrogens (tertiary/aromatic N) is 5. The highest BCUT2D eigenvalue weighted by molar-refractivity contribution is 8.26. The Labute approximate surface area is 208 Å². The minimum absolute atomic E-state index is 0.0455. The summed E-state index contributed by atoms with van der Waals surface area (Å²) in [4.78, 5) is 43.8. The van der Waals surface area contributed by atoms with Crippen molar-refractivity contribution in [1.82, 2.24) is 14.4 Å². The van der Waals surface area contributed by atoms with E-state index in [1.54, 1.807) is 36.8 Å². The number of thiocarbonyl (C=S) groups is 1. The molecule has 0 saturated carbocycles. The number of nitriles is 1. The highest BCUT2D eigenvalue weighted by Gasteiger charge is 2.33. The Morgan fingerprint density at radius 3 is 2.50 bits per heavy atom. The highest BCUT2D eigenvalue weighted by Crippen LogP contribution is 2.36. The summed E-state index contributed by atoms with van der Waals surface area (Å²) < 4.78 is 7.06. The van der Waals surface area contributed by atoms with Gasteiger partial charge in [-0.05, 0) is 31.9 Å². The zero-order chi connectivity index (χ0) is 25.0. The van der Waals surface area contributed by atoms with Gasteiger partial charge in [-0.25, -0.2) is 4.79 Å². The van der Waals surface area contributed by atoms with Gasteiger partial charge < -0.3 is 14.5 Å². The van der Waals surface area contributed by atoms with Crippen LogP contribution in [0.3, 0.4) is 0 Å². The molecule has 3 rings (SSSR count). The molecule has 3 heterocycles. The van der Waals surface area contributed by atoms with Crippen molar-refractivity contribution in [3.05, 3.63) is 31.9 Å². The first-order valence-electron chi connectivity index (χ1n) is 11.3. The van der Waals surface area contributed by atoms with Gasteiger partial charge in [0.05, 0.1) is 11.5 Å². The zero-order valence-corrected chi connectivity index (χ0v) is 21.6. The predicted octanol–water partition coefficient (Wildman–Crippen LogP) is 2.85. The fourth-order valence-corrected chi connectivity index (χ4v) is 5.34. The minimum atomic E-state index is -0.393. The number of aromatic nitrogens is 1. The molecule has 2 saturated heterocycles. The molecule has 2 aliphatic heterocycles. The zero-order valence-electron chi connectivity index (χ0n) is 19.9. The third-order valence-electron chi connectivity index (χ3n) is 5.96. The molecule has 0 spiro atoms. The Bertz CT molecular complexity index is 1130. The van der Waals surface area contributed by atoms with E-state index in [0.29, 0.717) is 65.5 Å². The number of hydrogen-bond acceptors (Lipinski definition) is 8. The summed E-state index contributed by atoms with van der Waals surface area (Å²) in [5.41, 5.74) is 0.811. The lowest BCUT2D eigenvalue weighted by molar-refractivity contribution is -0.122. The molecule has 0 aromatic carbocycles. The summed E-state index contributed by atoms with van der Waals surface area (Å²) in [6.45, 7) is 8.25. The average molecular weight is 504 g/mol. The number of carbonyl (C=O) groups is 2. The number of hydrogen-bond donors (Lipinski definition) is 0. The second-order valence-electron chi connectivity index (χ2n) is 8.07. The largest absolute Gasteiger partial charge is 0.450 e. The fourth-order valence-electron chi connectivity index (χ4n) is 4.05. The van der Waals surface area contributed by atoms with E-state index in [4.69, 9.17) is 17.0 Å². The van der Waals surface area contributed by atoms with E-state index in [2.05, 4.69) is 6.92 Å². The third-order valence-corrected chi connectivity index (χ3v) is 7.34. The van der Waals surface area contributed by atoms with Crippen LogP contribution >= 0.6 is 24.0 Å². The smallest absolute Gasteiger partial charge is 0.409 e. The maximum Gasteiger partial charge on any atom is 0.409 e. The van der Waals surface area contributed by atoms with E-state index in [0.717, 1.165) is 12.8 Å². The fraction of sp³-hybridized carbons (Fsp3) is 0.522. The molecule has 2 aliphatic rings. The number of anilines is 1. The highest BCUT2D eigenvalue weighted by atomic mass is 32.2. The first-order chi connectivity index (χ1) is 16.2. The molecule has 2 amide bonds. The first-order valence-corrected chi connectivity index (χ1v) is 12.5. The van der Waals surface area contributed by atoms with E-state index >= 15 is 0 Å². The van der Waals surface area contributed by atoms with Crippen LogP contribution < -0.4 is 10.5 Å². The van der Waals surface area contributed by atoms with Gasteiger partial charge in [0.1, 0.15) is 21.8 Å². The van der Waals surface area contributed by atoms with Crippen LogP contribution in [0.4, 0.5) is 10.6 Å². The molecule has 1 aromatic rings. The number of ether oxygens (including phenoxy) is 1. The summed E-state index contributed by atoms with van der Waals surface area (Å²) in [6, 6.07) is 2.01. The summed E-state index contributed by atoms with van der Waals surface area (Å²) in [5, 5.41) is 9.63. The molecule has 0 bridgehead atoms. The van der Waals surface area contributed by atoms with Crippen LogP contribution in [0, 0.1) is 18.3 Å². The van der Waals surface area contributed by atoms with E-state index in [-0.39, 0.29) is 17.6 Å². The number of piperazine rings is 1. The number of rotatable bonds is 6. The number of amides is 2. The van der Waals surface area contributed by atoms with Crippen LogP contribution in [-0.4, -0.2) is 70.0 Å². The second-order valence-corrected chi connectivity index (χ2v) is 9.75. The van der Waals surface area contributed by atoms with Crippen molar-refractivity contribution in [3.8, 4) is 6.07 Å². The standard InChI is InChI=1S/C23H29N5O4S2/c1-5-7-8-28-21(30)18(34-23(28)33)13-16-15(3)17(14-24)20(29)25(4)19(16)26-9-11-27(12-10-26)22(31)32-6-2/h13H,5-12H2,1-4H3/b18-13-. The summed E-state index contributed by atoms with van der Waals surface area (Å²) in [5.74, 6) is 0.456. The first kappa shape index (κ1) is 25.8. The van der Waals surface area contributed by atoms with Crippen molar-refractivity contribution in [1.29, 1.82) is 5.26 Å². The molecule has 9 nitrogen and oxygen atoms in total. The summed E-state index contributed by atoms with van der Waals surface area (Å²) in [7, 11) is 1.62. The van der Waals surface area contributed by atoms with Gasteiger partial charge in [-0.3, -0.25) is 19.1 Å². The van der Waals surface area contributed by atoms with Crippen LogP contribution in [-0.2, 0) is 16.6 Å². The molecule has 34 heavy (non-hydrogen) atoms. The summed E-state index contributed by atoms with van der Waals surface area (Å²) in [6.07, 6.45) is 3.19. The molecule has 0 unspecified atom stereocenters. The Balaban J connectivity index is 2.02. The van der Waals surface area contributed by atoms with Gasteiger partial charge >= 0.3 is 6.09 Å². The van der Waals surface area contributed by atoms with Crippen LogP contribution in [0.2, 0.25) is 0 Å². The SMILES string of the molecule is CCCCN1C(=O)/C(=C/c2c(C)c(C#N)c(=O)n(C)c2N2CCN(C(=O)OCC)CC2)SC1=S. The van der Waals surface area contributed by atoms with Crippen molar-refractivity contribution in [2.45, 2.75) is 33.6 Å². The molecule has 0 atom stereocenters. The number of carbonyl (C=O) groups excluding carboxylic acids is 2. The molecule has 11 heteroatoms. The van der Waals surface area contributed by atoms with Gasteiger partial charge in [-0.1, -0.05) is 37.3 Å². The van der Waals surface area contributed by atoms with Crippen molar-refractivity contribution in [2.24, 2.45) is 7.05 Å². The summed E-state index contributed by atoms with van der Waals surface area (Å²) >= 11 is 6.66. The topological polar surface area (TPSA) is 98.9 Å². The van der Waals surface area contributed by atoms with Gasteiger partial charge in [0.2, 0.25) is 0 Å². The predicted molar refractivity (Wildman–Crippen MR) is 137 cm³/mol. The Kier molecular flexibility index (Phi) is 8.38. The maximum atomic E-state index is 13.1. The van der Waals surface area contributed by atoms with Crippen molar-refractivity contribution in [3.63, 3.8) is 0 Å². The van der Waals surface area contributed by atoms with E-state index < -0.39 is 5.56 Å². The molecule has 182 valence electrons. The number of unbranched alkanes of at least 4 members (excludes halogenated alkanes) is 1. The van der Waals surface area contributed by atoms with Gasteiger partial charge in [-0.15, -0.1) is 0 Å². The Morgan fingerprint density at radius 1 is 1.24 bits per heavy atom. The van der Waals surface area contributed by atoms with Crippen LogP contribution in [0.1, 0.15) is 43.4 Å². The van der Waals surface area contributed by atoms with Crippen molar-refractivity contribution < 1.29 is 14.3 Å². The van der Waals surface area contributed by atoms with Crippen LogP contribution in [0.25, 0.3) is 6.08 Å². The number of pyridine rings is 1. The lowest BCUT2D eigenvalue weighted by Crippen LogP contribution is -2.50. The van der Waals surface area contributed by atoms with Gasteiger partial charge in [0.25, 0.3) is 11.5 Å². The molecule has 0 aliphatic carbocycles. The monoisotopic (exact) mass is 503 g/mol. The lowest BCUT2D eigenvalue weighted by atomic mass is 10.0. The van der Waals surface area contributed by atoms with E-state index in [1.807, 2.05) is 11.0 Å². The quantitative estimate of drug-likeness (QED) is 0.432. The van der Waals surface area contributed by atoms with Crippen LogP contribution in [0.15, 0.2) is 9.70 Å².